The number of nitrogens with zero attached hydrogens (tertiary/aromatic N) is 5. The number of hydrogen-bond acceptors (Lipinski definition) is 6. The zero-order valence-corrected chi connectivity index (χ0v) is 17.5. The summed E-state index contributed by atoms with van der Waals surface area (Å²) in [5.41, 5.74) is 8.59. The lowest BCUT2D eigenvalue weighted by atomic mass is 10.0. The van der Waals surface area contributed by atoms with Crippen molar-refractivity contribution in [3.63, 3.8) is 0 Å². The topological polar surface area (TPSA) is 108 Å². The molecule has 0 atom stereocenters. The molecule has 9 nitrogen and oxygen atoms in total. The number of nitrogens with two attached hydrogens (primary N) is 1. The predicted molar refractivity (Wildman–Crippen MR) is 119 cm³/mol. The molecule has 1 fully saturated rings. The van der Waals surface area contributed by atoms with Gasteiger partial charge in [-0.3, -0.25) is 14.5 Å². The highest BCUT2D eigenvalue weighted by Crippen LogP contribution is 2.27. The Morgan fingerprint density at radius 1 is 1.26 bits per heavy atom. The van der Waals surface area contributed by atoms with Crippen LogP contribution in [0.25, 0.3) is 5.82 Å². The smallest absolute Gasteiger partial charge is 0.253 e. The molecule has 4 N–H and O–H groups in total. The van der Waals surface area contributed by atoms with Crippen molar-refractivity contribution in [2.45, 2.75) is 32.4 Å². The first kappa shape index (κ1) is 19.4. The maximum atomic E-state index is 13.0. The molecule has 0 bridgehead atoms. The molecule has 9 heteroatoms. The summed E-state index contributed by atoms with van der Waals surface area (Å²) < 4.78 is 2.01. The van der Waals surface area contributed by atoms with Crippen LogP contribution in [0.1, 0.15) is 34.7 Å². The number of aromatic amines is 1. The first-order valence-electron chi connectivity index (χ1n) is 10.5. The molecule has 2 aromatic heterocycles. The number of rotatable bonds is 4. The van der Waals surface area contributed by atoms with Crippen molar-refractivity contribution in [1.82, 2.24) is 24.6 Å². The Morgan fingerprint density at radius 3 is 2.87 bits per heavy atom. The Bertz CT molecular complexity index is 1120. The molecule has 1 aromatic carbocycles. The summed E-state index contributed by atoms with van der Waals surface area (Å²) in [4.78, 5) is 21.5. The SMILES string of the molecule is Cc1cc(NC2=CN(c3cccc(C(=O)N4CCC(N)CC4)c3)Cc3nccn32)n[nH]1. The van der Waals surface area contributed by atoms with Gasteiger partial charge in [-0.25, -0.2) is 4.98 Å². The summed E-state index contributed by atoms with van der Waals surface area (Å²) in [6, 6.07) is 9.90. The van der Waals surface area contributed by atoms with Crippen LogP contribution in [0.2, 0.25) is 0 Å². The first-order valence-corrected chi connectivity index (χ1v) is 10.5. The van der Waals surface area contributed by atoms with Crippen molar-refractivity contribution in [2.24, 2.45) is 5.73 Å². The zero-order valence-electron chi connectivity index (χ0n) is 17.5. The third kappa shape index (κ3) is 3.91. The number of fused-ring (bicyclic) bond motifs is 1. The van der Waals surface area contributed by atoms with Crippen LogP contribution in [-0.2, 0) is 6.54 Å². The fraction of sp³-hybridized carbons (Fsp3) is 0.318. The molecule has 4 heterocycles. The number of anilines is 2. The highest BCUT2D eigenvalue weighted by Gasteiger charge is 2.23. The monoisotopic (exact) mass is 418 g/mol. The number of amides is 1. The highest BCUT2D eigenvalue weighted by atomic mass is 16.2. The van der Waals surface area contributed by atoms with Gasteiger partial charge in [-0.1, -0.05) is 6.07 Å². The number of carbonyl (C=O) groups excluding carboxylic acids is 1. The van der Waals surface area contributed by atoms with Crippen LogP contribution in [-0.4, -0.2) is 49.7 Å². The number of piperidine rings is 1. The van der Waals surface area contributed by atoms with E-state index in [1.165, 1.54) is 0 Å². The Morgan fingerprint density at radius 2 is 2.10 bits per heavy atom. The van der Waals surface area contributed by atoms with Crippen molar-refractivity contribution < 1.29 is 4.79 Å². The van der Waals surface area contributed by atoms with Crippen molar-refractivity contribution >= 4 is 23.2 Å². The largest absolute Gasteiger partial charge is 0.339 e. The van der Waals surface area contributed by atoms with E-state index in [4.69, 9.17) is 5.73 Å². The number of H-pyrrole nitrogens is 1. The molecule has 0 spiro atoms. The van der Waals surface area contributed by atoms with Crippen LogP contribution in [0.4, 0.5) is 11.5 Å². The maximum Gasteiger partial charge on any atom is 0.253 e. The van der Waals surface area contributed by atoms with E-state index in [0.717, 1.165) is 41.7 Å². The van der Waals surface area contributed by atoms with Gasteiger partial charge >= 0.3 is 0 Å². The van der Waals surface area contributed by atoms with Crippen molar-refractivity contribution in [3.05, 3.63) is 66.0 Å². The quantitative estimate of drug-likeness (QED) is 0.600. The van der Waals surface area contributed by atoms with E-state index in [-0.39, 0.29) is 11.9 Å². The minimum Gasteiger partial charge on any atom is -0.339 e. The summed E-state index contributed by atoms with van der Waals surface area (Å²) >= 11 is 0. The fourth-order valence-corrected chi connectivity index (χ4v) is 4.05. The summed E-state index contributed by atoms with van der Waals surface area (Å²) in [6.07, 6.45) is 7.43. The molecule has 0 saturated carbocycles. The van der Waals surface area contributed by atoms with Gasteiger partial charge in [-0.05, 0) is 38.0 Å². The molecular formula is C22H26N8O. The predicted octanol–water partition coefficient (Wildman–Crippen LogP) is 2.37. The van der Waals surface area contributed by atoms with Crippen LogP contribution in [0.15, 0.2) is 48.9 Å². The minimum atomic E-state index is 0.0570. The second kappa shape index (κ2) is 7.92. The molecule has 5 rings (SSSR count). The van der Waals surface area contributed by atoms with Gasteiger partial charge in [0.15, 0.2) is 5.82 Å². The van der Waals surface area contributed by atoms with E-state index in [1.54, 1.807) is 6.20 Å². The van der Waals surface area contributed by atoms with Crippen LogP contribution < -0.4 is 16.0 Å². The molecule has 2 aliphatic rings. The maximum absolute atomic E-state index is 13.0. The summed E-state index contributed by atoms with van der Waals surface area (Å²) in [5, 5.41) is 10.6. The zero-order chi connectivity index (χ0) is 21.4. The van der Waals surface area contributed by atoms with Gasteiger partial charge < -0.3 is 20.9 Å². The normalized spacial score (nSPS) is 16.8. The summed E-state index contributed by atoms with van der Waals surface area (Å²) in [5.74, 6) is 2.53. The summed E-state index contributed by atoms with van der Waals surface area (Å²) in [7, 11) is 0. The lowest BCUT2D eigenvalue weighted by Gasteiger charge is -2.31. The number of likely N-dealkylation sites (tertiary alicyclic amines) is 1. The number of carbonyl (C=O) groups is 1. The molecular weight excluding hydrogens is 392 g/mol. The van der Waals surface area contributed by atoms with Crippen molar-refractivity contribution in [3.8, 4) is 0 Å². The molecule has 0 radical (unpaired) electrons. The van der Waals surface area contributed by atoms with Gasteiger partial charge in [0.2, 0.25) is 0 Å². The molecule has 2 aliphatic heterocycles. The van der Waals surface area contributed by atoms with Gasteiger partial charge in [-0.15, -0.1) is 0 Å². The number of hydrogen-bond donors (Lipinski definition) is 3. The van der Waals surface area contributed by atoms with Gasteiger partial charge in [0.25, 0.3) is 5.91 Å². The molecule has 160 valence electrons. The second-order valence-electron chi connectivity index (χ2n) is 8.10. The second-order valence-corrected chi connectivity index (χ2v) is 8.10. The van der Waals surface area contributed by atoms with E-state index in [1.807, 2.05) is 59.1 Å². The van der Waals surface area contributed by atoms with Crippen LogP contribution in [0, 0.1) is 6.92 Å². The lowest BCUT2D eigenvalue weighted by molar-refractivity contribution is 0.0715. The average Bonchev–Trinajstić information content (AvgIpc) is 3.42. The van der Waals surface area contributed by atoms with Gasteiger partial charge in [0.05, 0.1) is 6.54 Å². The third-order valence-electron chi connectivity index (χ3n) is 5.78. The van der Waals surface area contributed by atoms with E-state index < -0.39 is 0 Å². The molecule has 1 saturated heterocycles. The lowest BCUT2D eigenvalue weighted by Crippen LogP contribution is -2.42. The number of aryl methyl sites for hydroxylation is 1. The summed E-state index contributed by atoms with van der Waals surface area (Å²) in [6.45, 7) is 3.99. The van der Waals surface area contributed by atoms with Crippen LogP contribution >= 0.6 is 0 Å². The van der Waals surface area contributed by atoms with Crippen LogP contribution in [0.5, 0.6) is 0 Å². The first-order chi connectivity index (χ1) is 15.1. The number of imidazole rings is 1. The van der Waals surface area contributed by atoms with Gasteiger partial charge in [0.1, 0.15) is 11.6 Å². The van der Waals surface area contributed by atoms with E-state index in [0.29, 0.717) is 25.2 Å². The van der Waals surface area contributed by atoms with Crippen molar-refractivity contribution in [2.75, 3.05) is 23.3 Å². The Balaban J connectivity index is 1.41. The average molecular weight is 419 g/mol. The Hall–Kier alpha value is -3.59. The standard InChI is InChI=1S/C22H26N8O/c1-15-11-19(27-26-15)25-21-14-29(13-20-24-7-10-30(20)21)18-4-2-3-16(12-18)22(31)28-8-5-17(23)6-9-28/h2-4,7,10-12,14,17H,5-6,8-9,13,23H2,1H3,(H2,25,26,27). The molecule has 31 heavy (non-hydrogen) atoms. The Kier molecular flexibility index (Phi) is 4.95. The third-order valence-corrected chi connectivity index (χ3v) is 5.78. The molecule has 0 aliphatic carbocycles. The van der Waals surface area contributed by atoms with E-state index in [9.17, 15) is 4.79 Å². The Labute approximate surface area is 180 Å². The number of nitrogens with one attached hydrogen (secondary N) is 2. The van der Waals surface area contributed by atoms with Crippen molar-refractivity contribution in [1.29, 1.82) is 0 Å². The van der Waals surface area contributed by atoms with Gasteiger partial charge in [-0.2, -0.15) is 5.10 Å². The molecule has 1 amide bonds. The fourth-order valence-electron chi connectivity index (χ4n) is 4.05. The minimum absolute atomic E-state index is 0.0570. The molecule has 0 unspecified atom stereocenters. The number of benzene rings is 1. The van der Waals surface area contributed by atoms with Crippen LogP contribution in [0.3, 0.4) is 0 Å². The number of aromatic nitrogens is 4. The van der Waals surface area contributed by atoms with E-state index in [2.05, 4.69) is 25.4 Å². The van der Waals surface area contributed by atoms with E-state index >= 15 is 0 Å². The van der Waals surface area contributed by atoms with Gasteiger partial charge in [0, 0.05) is 60.7 Å². The highest BCUT2D eigenvalue weighted by molar-refractivity contribution is 5.95. The molecule has 3 aromatic rings.